The molecular formula is C20H22N6O3S. The first kappa shape index (κ1) is 19.1. The maximum absolute atomic E-state index is 13.1. The van der Waals surface area contributed by atoms with Crippen LogP contribution in [0.2, 0.25) is 0 Å². The number of hydrogen-bond donors (Lipinski definition) is 2. The largest absolute Gasteiger partial charge is 0.477 e. The van der Waals surface area contributed by atoms with Gasteiger partial charge in [0.2, 0.25) is 5.88 Å². The summed E-state index contributed by atoms with van der Waals surface area (Å²) in [6.45, 7) is 1.11. The number of aryl methyl sites for hydroxylation is 1. The summed E-state index contributed by atoms with van der Waals surface area (Å²) in [6.07, 6.45) is 6.75. The van der Waals surface area contributed by atoms with Gasteiger partial charge in [0.05, 0.1) is 24.4 Å². The molecule has 156 valence electrons. The van der Waals surface area contributed by atoms with Crippen LogP contribution in [0.1, 0.15) is 53.9 Å². The second kappa shape index (κ2) is 7.11. The van der Waals surface area contributed by atoms with E-state index >= 15 is 0 Å². The van der Waals surface area contributed by atoms with Crippen LogP contribution in [0.3, 0.4) is 0 Å². The summed E-state index contributed by atoms with van der Waals surface area (Å²) in [5, 5.41) is 22.5. The quantitative estimate of drug-likeness (QED) is 0.778. The number of nitriles is 1. The first-order chi connectivity index (χ1) is 14.5. The molecule has 0 radical (unpaired) electrons. The van der Waals surface area contributed by atoms with Gasteiger partial charge >= 0.3 is 6.03 Å². The molecule has 0 saturated heterocycles. The van der Waals surface area contributed by atoms with Gasteiger partial charge in [-0.15, -0.1) is 4.36 Å². The summed E-state index contributed by atoms with van der Waals surface area (Å²) < 4.78 is 24.0. The Hall–Kier alpha value is -2.90. The third-order valence-corrected chi connectivity index (χ3v) is 7.20. The predicted molar refractivity (Wildman–Crippen MR) is 110 cm³/mol. The Morgan fingerprint density at radius 1 is 1.37 bits per heavy atom. The lowest BCUT2D eigenvalue weighted by molar-refractivity contribution is 0.224. The second-order valence-corrected chi connectivity index (χ2v) is 9.67. The van der Waals surface area contributed by atoms with E-state index in [4.69, 9.17) is 9.88 Å². The molecular weight excluding hydrogens is 404 g/mol. The van der Waals surface area contributed by atoms with E-state index in [0.717, 1.165) is 55.2 Å². The van der Waals surface area contributed by atoms with Crippen molar-refractivity contribution in [3.8, 4) is 11.9 Å². The van der Waals surface area contributed by atoms with Gasteiger partial charge in [0.1, 0.15) is 4.90 Å². The van der Waals surface area contributed by atoms with Crippen molar-refractivity contribution < 1.29 is 13.7 Å². The van der Waals surface area contributed by atoms with Gasteiger partial charge in [-0.05, 0) is 60.8 Å². The van der Waals surface area contributed by atoms with Crippen molar-refractivity contribution in [1.29, 1.82) is 5.26 Å². The van der Waals surface area contributed by atoms with Gasteiger partial charge in [-0.1, -0.05) is 0 Å². The zero-order valence-corrected chi connectivity index (χ0v) is 17.2. The van der Waals surface area contributed by atoms with Crippen LogP contribution in [0.5, 0.6) is 5.88 Å². The fraction of sp³-hybridized carbons (Fsp3) is 0.450. The third kappa shape index (κ3) is 3.24. The van der Waals surface area contributed by atoms with Gasteiger partial charge in [-0.3, -0.25) is 0 Å². The second-order valence-electron chi connectivity index (χ2n) is 7.91. The normalized spacial score (nSPS) is 19.1. The number of nitrogens with zero attached hydrogens (tertiary/aromatic N) is 4. The molecule has 3 N–H and O–H groups in total. The number of benzene rings is 1. The first-order valence-electron chi connectivity index (χ1n) is 10.1. The number of urea groups is 1. The molecule has 3 aliphatic rings. The van der Waals surface area contributed by atoms with Crippen LogP contribution in [0.4, 0.5) is 10.5 Å². The molecule has 0 unspecified atom stereocenters. The first-order valence-corrected chi connectivity index (χ1v) is 11.7. The molecule has 30 heavy (non-hydrogen) atoms. The van der Waals surface area contributed by atoms with Crippen molar-refractivity contribution in [2.24, 2.45) is 9.50 Å². The number of anilines is 1. The van der Waals surface area contributed by atoms with Crippen LogP contribution in [0, 0.1) is 11.3 Å². The fourth-order valence-corrected chi connectivity index (χ4v) is 5.32. The van der Waals surface area contributed by atoms with Gasteiger partial charge in [-0.25, -0.2) is 18.8 Å². The molecule has 0 spiro atoms. The number of aromatic nitrogens is 2. The predicted octanol–water partition coefficient (Wildman–Crippen LogP) is 2.84. The standard InChI is InChI=1S/C20H22N6O3S/c21-10-13-9-16(12-5-6-12)18(15-4-1-3-14(13)15)24-20(27)25-30(22,28)17-11-23-26-7-2-8-29-19(17)26/h9,11-12H,1-8H2,(H3,22,24,25,27,28)/t30-/m1/s1. The number of nitrogens with one attached hydrogen (secondary N) is 1. The van der Waals surface area contributed by atoms with Crippen LogP contribution >= 0.6 is 0 Å². The lowest BCUT2D eigenvalue weighted by atomic mass is 9.95. The zero-order valence-electron chi connectivity index (χ0n) is 16.4. The van der Waals surface area contributed by atoms with Gasteiger partial charge < -0.3 is 10.1 Å². The summed E-state index contributed by atoms with van der Waals surface area (Å²) in [6, 6.07) is 3.41. The summed E-state index contributed by atoms with van der Waals surface area (Å²) in [5.74, 6) is 0.639. The Morgan fingerprint density at radius 2 is 2.17 bits per heavy atom. The third-order valence-electron chi connectivity index (χ3n) is 5.85. The highest BCUT2D eigenvalue weighted by atomic mass is 32.2. The van der Waals surface area contributed by atoms with Crippen molar-refractivity contribution in [1.82, 2.24) is 9.78 Å². The molecule has 0 bridgehead atoms. The molecule has 1 aromatic carbocycles. The molecule has 1 aromatic heterocycles. The Bertz CT molecular complexity index is 1210. The summed E-state index contributed by atoms with van der Waals surface area (Å²) >= 11 is 0. The van der Waals surface area contributed by atoms with Crippen molar-refractivity contribution >= 4 is 21.6 Å². The van der Waals surface area contributed by atoms with E-state index < -0.39 is 15.9 Å². The number of amides is 2. The maximum Gasteiger partial charge on any atom is 0.354 e. The molecule has 2 amide bonds. The minimum atomic E-state index is -3.52. The van der Waals surface area contributed by atoms with Gasteiger partial charge in [-0.2, -0.15) is 10.4 Å². The molecule has 10 heteroatoms. The monoisotopic (exact) mass is 426 g/mol. The SMILES string of the molecule is N#Cc1cc(C2CC2)c(NC(=O)N=[S@@](N)(=O)c2cnn3c2OCCC3)c2c1CCC2. The Labute approximate surface area is 174 Å². The van der Waals surface area contributed by atoms with Crippen LogP contribution in [0.25, 0.3) is 0 Å². The van der Waals surface area contributed by atoms with Crippen LogP contribution in [-0.2, 0) is 29.3 Å². The molecule has 2 heterocycles. The fourth-order valence-electron chi connectivity index (χ4n) is 4.32. The van der Waals surface area contributed by atoms with Gasteiger partial charge in [0.25, 0.3) is 0 Å². The number of carbonyl (C=O) groups excluding carboxylic acids is 1. The molecule has 5 rings (SSSR count). The van der Waals surface area contributed by atoms with Crippen molar-refractivity contribution in [2.75, 3.05) is 11.9 Å². The Kier molecular flexibility index (Phi) is 4.52. The molecule has 2 aliphatic carbocycles. The van der Waals surface area contributed by atoms with E-state index in [0.29, 0.717) is 36.2 Å². The highest BCUT2D eigenvalue weighted by molar-refractivity contribution is 7.91. The zero-order chi connectivity index (χ0) is 20.9. The van der Waals surface area contributed by atoms with E-state index in [1.807, 2.05) is 6.07 Å². The molecule has 1 atom stereocenters. The lowest BCUT2D eigenvalue weighted by Gasteiger charge is -2.17. The van der Waals surface area contributed by atoms with E-state index in [-0.39, 0.29) is 4.90 Å². The van der Waals surface area contributed by atoms with Gasteiger partial charge in [0.15, 0.2) is 9.92 Å². The number of nitrogens with two attached hydrogens (primary N) is 1. The van der Waals surface area contributed by atoms with Crippen LogP contribution < -0.4 is 15.2 Å². The highest BCUT2D eigenvalue weighted by Gasteiger charge is 2.32. The number of rotatable bonds is 3. The number of hydrogen-bond acceptors (Lipinski definition) is 5. The van der Waals surface area contributed by atoms with Crippen molar-refractivity contribution in [3.05, 3.63) is 34.5 Å². The smallest absolute Gasteiger partial charge is 0.354 e. The van der Waals surface area contributed by atoms with E-state index in [9.17, 15) is 14.3 Å². The lowest BCUT2D eigenvalue weighted by Crippen LogP contribution is -2.21. The number of fused-ring (bicyclic) bond motifs is 2. The van der Waals surface area contributed by atoms with Crippen LogP contribution in [-0.4, -0.2) is 26.6 Å². The minimum absolute atomic E-state index is 0.129. The molecule has 2 aromatic rings. The van der Waals surface area contributed by atoms with Crippen molar-refractivity contribution in [2.45, 2.75) is 55.9 Å². The van der Waals surface area contributed by atoms with Crippen molar-refractivity contribution in [3.63, 3.8) is 0 Å². The van der Waals surface area contributed by atoms with Gasteiger partial charge in [0, 0.05) is 18.7 Å². The molecule has 1 fully saturated rings. The van der Waals surface area contributed by atoms with Crippen LogP contribution in [0.15, 0.2) is 21.5 Å². The molecule has 1 aliphatic heterocycles. The number of ether oxygens (including phenoxy) is 1. The van der Waals surface area contributed by atoms with E-state index in [1.165, 1.54) is 6.20 Å². The van der Waals surface area contributed by atoms with E-state index in [1.54, 1.807) is 4.68 Å². The highest BCUT2D eigenvalue weighted by Crippen LogP contribution is 2.47. The van der Waals surface area contributed by atoms with E-state index in [2.05, 4.69) is 20.8 Å². The summed E-state index contributed by atoms with van der Waals surface area (Å²) in [5.41, 5.74) is 4.34. The average Bonchev–Trinajstić information content (AvgIpc) is 3.26. The summed E-state index contributed by atoms with van der Waals surface area (Å²) in [7, 11) is -3.52. The summed E-state index contributed by atoms with van der Waals surface area (Å²) in [4.78, 5) is 12.9. The Balaban J connectivity index is 1.50. The molecule has 1 saturated carbocycles. The maximum atomic E-state index is 13.1. The minimum Gasteiger partial charge on any atom is -0.477 e. The molecule has 9 nitrogen and oxygen atoms in total. The topological polar surface area (TPSA) is 135 Å². The number of carbonyl (C=O) groups is 1. The Morgan fingerprint density at radius 3 is 2.93 bits per heavy atom. The average molecular weight is 427 g/mol.